The zero-order chi connectivity index (χ0) is 18.0. The van der Waals surface area contributed by atoms with E-state index < -0.39 is 5.51 Å². The monoisotopic (exact) mass is 365 g/mol. The van der Waals surface area contributed by atoms with Crippen LogP contribution in [0.2, 0.25) is 0 Å². The number of alkyl halides is 3. The summed E-state index contributed by atoms with van der Waals surface area (Å²) in [5, 5.41) is 0.836. The van der Waals surface area contributed by atoms with Gasteiger partial charge in [-0.25, -0.2) is 4.98 Å². The molecule has 0 spiro atoms. The molecular weight excluding hydrogens is 351 g/mol. The molecular formula is C18H14F3NO2S. The lowest BCUT2D eigenvalue weighted by atomic mass is 10.1. The summed E-state index contributed by atoms with van der Waals surface area (Å²) in [6, 6.07) is 14.0. The van der Waals surface area contributed by atoms with Crippen LogP contribution in [0.15, 0.2) is 53.6 Å². The van der Waals surface area contributed by atoms with Crippen LogP contribution in [0, 0.1) is 0 Å². The van der Waals surface area contributed by atoms with Crippen LogP contribution in [-0.2, 0) is 0 Å². The van der Waals surface area contributed by atoms with Crippen molar-refractivity contribution in [3.63, 3.8) is 0 Å². The van der Waals surface area contributed by atoms with E-state index in [1.165, 1.54) is 20.3 Å². The summed E-state index contributed by atoms with van der Waals surface area (Å²) in [7, 11) is 2.92. The lowest BCUT2D eigenvalue weighted by molar-refractivity contribution is -0.0328. The number of pyridine rings is 1. The van der Waals surface area contributed by atoms with Crippen LogP contribution in [0.1, 0.15) is 0 Å². The Labute approximate surface area is 146 Å². The van der Waals surface area contributed by atoms with Gasteiger partial charge in [-0.3, -0.25) is 0 Å². The number of rotatable bonds is 4. The number of methoxy groups -OCH3 is 2. The van der Waals surface area contributed by atoms with Crippen molar-refractivity contribution in [1.29, 1.82) is 0 Å². The van der Waals surface area contributed by atoms with Gasteiger partial charge in [0.25, 0.3) is 0 Å². The molecule has 2 aromatic carbocycles. The summed E-state index contributed by atoms with van der Waals surface area (Å²) < 4.78 is 49.5. The maximum atomic E-state index is 13.0. The van der Waals surface area contributed by atoms with Crippen LogP contribution >= 0.6 is 11.8 Å². The fourth-order valence-corrected chi connectivity index (χ4v) is 3.14. The second-order valence-electron chi connectivity index (χ2n) is 5.15. The fourth-order valence-electron chi connectivity index (χ4n) is 2.49. The first-order chi connectivity index (χ1) is 11.9. The molecule has 0 unspecified atom stereocenters. The van der Waals surface area contributed by atoms with Gasteiger partial charge in [0.15, 0.2) is 11.5 Å². The van der Waals surface area contributed by atoms with E-state index in [1.54, 1.807) is 24.3 Å². The largest absolute Gasteiger partial charge is 0.493 e. The minimum Gasteiger partial charge on any atom is -0.493 e. The van der Waals surface area contributed by atoms with Crippen molar-refractivity contribution in [3.05, 3.63) is 48.5 Å². The van der Waals surface area contributed by atoms with E-state index in [-0.39, 0.29) is 16.8 Å². The highest BCUT2D eigenvalue weighted by Gasteiger charge is 2.31. The number of hydrogen-bond donors (Lipinski definition) is 0. The first-order valence-corrected chi connectivity index (χ1v) is 8.11. The molecule has 0 radical (unpaired) electrons. The minimum atomic E-state index is -4.44. The Morgan fingerprint density at radius 3 is 2.16 bits per heavy atom. The molecule has 0 aliphatic rings. The van der Waals surface area contributed by atoms with Gasteiger partial charge in [0, 0.05) is 22.7 Å². The molecule has 7 heteroatoms. The molecule has 3 aromatic rings. The van der Waals surface area contributed by atoms with Crippen molar-refractivity contribution in [1.82, 2.24) is 4.98 Å². The van der Waals surface area contributed by atoms with E-state index in [2.05, 4.69) is 4.98 Å². The van der Waals surface area contributed by atoms with Gasteiger partial charge in [0.1, 0.15) is 5.03 Å². The van der Waals surface area contributed by atoms with Gasteiger partial charge in [-0.1, -0.05) is 30.3 Å². The molecule has 0 bridgehead atoms. The highest BCUT2D eigenvalue weighted by molar-refractivity contribution is 8.00. The molecule has 0 aliphatic heterocycles. The van der Waals surface area contributed by atoms with Gasteiger partial charge in [0.05, 0.1) is 19.9 Å². The SMILES string of the molecule is COc1cc2cc(-c3ccccc3)nc(SC(F)(F)F)c2cc1OC. The third kappa shape index (κ3) is 3.82. The van der Waals surface area contributed by atoms with Gasteiger partial charge in [0.2, 0.25) is 0 Å². The first kappa shape index (κ1) is 17.4. The molecule has 130 valence electrons. The summed E-state index contributed by atoms with van der Waals surface area (Å²) in [6.45, 7) is 0. The minimum absolute atomic E-state index is 0.121. The molecule has 3 nitrogen and oxygen atoms in total. The Morgan fingerprint density at radius 2 is 1.56 bits per heavy atom. The van der Waals surface area contributed by atoms with E-state index >= 15 is 0 Å². The van der Waals surface area contributed by atoms with Crippen molar-refractivity contribution in [2.75, 3.05) is 14.2 Å². The highest BCUT2D eigenvalue weighted by Crippen LogP contribution is 2.43. The van der Waals surface area contributed by atoms with Crippen LogP contribution in [0.25, 0.3) is 22.0 Å². The van der Waals surface area contributed by atoms with Gasteiger partial charge in [-0.2, -0.15) is 13.2 Å². The fraction of sp³-hybridized carbons (Fsp3) is 0.167. The average molecular weight is 365 g/mol. The summed E-state index contributed by atoms with van der Waals surface area (Å²) in [6.07, 6.45) is 0. The molecule has 0 saturated heterocycles. The molecule has 0 N–H and O–H groups in total. The van der Waals surface area contributed by atoms with Crippen LogP contribution in [0.4, 0.5) is 13.2 Å². The summed E-state index contributed by atoms with van der Waals surface area (Å²) in [5.41, 5.74) is -3.24. The van der Waals surface area contributed by atoms with Crippen molar-refractivity contribution in [2.24, 2.45) is 0 Å². The van der Waals surface area contributed by atoms with Gasteiger partial charge in [-0.15, -0.1) is 0 Å². The topological polar surface area (TPSA) is 31.4 Å². The molecule has 0 aliphatic carbocycles. The predicted molar refractivity (Wildman–Crippen MR) is 92.2 cm³/mol. The van der Waals surface area contributed by atoms with E-state index in [9.17, 15) is 13.2 Å². The first-order valence-electron chi connectivity index (χ1n) is 7.29. The lowest BCUT2D eigenvalue weighted by Crippen LogP contribution is -2.02. The number of hydrogen-bond acceptors (Lipinski definition) is 4. The molecule has 1 heterocycles. The molecule has 1 aromatic heterocycles. The third-order valence-corrected chi connectivity index (χ3v) is 4.32. The molecule has 0 amide bonds. The maximum Gasteiger partial charge on any atom is 0.447 e. The van der Waals surface area contributed by atoms with Crippen molar-refractivity contribution < 1.29 is 22.6 Å². The van der Waals surface area contributed by atoms with Crippen molar-refractivity contribution >= 4 is 22.5 Å². The van der Waals surface area contributed by atoms with Gasteiger partial charge >= 0.3 is 5.51 Å². The van der Waals surface area contributed by atoms with Crippen LogP contribution in [-0.4, -0.2) is 24.7 Å². The Bertz CT molecular complexity index is 898. The second-order valence-corrected chi connectivity index (χ2v) is 6.21. The smallest absolute Gasteiger partial charge is 0.447 e. The Hall–Kier alpha value is -2.41. The quantitative estimate of drug-likeness (QED) is 0.569. The van der Waals surface area contributed by atoms with Crippen LogP contribution in [0.5, 0.6) is 11.5 Å². The number of fused-ring (bicyclic) bond motifs is 1. The molecule has 25 heavy (non-hydrogen) atoms. The Balaban J connectivity index is 2.27. The zero-order valence-corrected chi connectivity index (χ0v) is 14.2. The predicted octanol–water partition coefficient (Wildman–Crippen LogP) is 5.53. The van der Waals surface area contributed by atoms with E-state index in [1.807, 2.05) is 18.2 Å². The second kappa shape index (κ2) is 6.84. The van der Waals surface area contributed by atoms with Crippen LogP contribution in [0.3, 0.4) is 0 Å². The molecule has 0 fully saturated rings. The normalized spacial score (nSPS) is 11.6. The van der Waals surface area contributed by atoms with E-state index in [0.29, 0.717) is 28.0 Å². The lowest BCUT2D eigenvalue weighted by Gasteiger charge is -2.14. The standard InChI is InChI=1S/C18H14F3NO2S/c1-23-15-9-12-8-14(11-6-4-3-5-7-11)22-17(25-18(19,20)21)13(12)10-16(15)24-2/h3-10H,1-2H3. The number of halogens is 3. The molecule has 3 rings (SSSR count). The Kier molecular flexibility index (Phi) is 4.76. The van der Waals surface area contributed by atoms with Gasteiger partial charge < -0.3 is 9.47 Å². The number of ether oxygens (including phenoxy) is 2. The summed E-state index contributed by atoms with van der Waals surface area (Å²) in [5.74, 6) is 0.802. The maximum absolute atomic E-state index is 13.0. The zero-order valence-electron chi connectivity index (χ0n) is 13.4. The average Bonchev–Trinajstić information content (AvgIpc) is 2.59. The summed E-state index contributed by atoms with van der Waals surface area (Å²) in [4.78, 5) is 4.23. The third-order valence-electron chi connectivity index (χ3n) is 3.58. The molecule has 0 atom stereocenters. The summed E-state index contributed by atoms with van der Waals surface area (Å²) >= 11 is -0.236. The number of benzene rings is 2. The van der Waals surface area contributed by atoms with Crippen molar-refractivity contribution in [2.45, 2.75) is 10.5 Å². The number of aromatic nitrogens is 1. The van der Waals surface area contributed by atoms with Crippen molar-refractivity contribution in [3.8, 4) is 22.8 Å². The molecule has 0 saturated carbocycles. The number of nitrogens with zero attached hydrogens (tertiary/aromatic N) is 1. The van der Waals surface area contributed by atoms with E-state index in [0.717, 1.165) is 5.56 Å². The number of thioether (sulfide) groups is 1. The Morgan fingerprint density at radius 1 is 0.920 bits per heavy atom. The van der Waals surface area contributed by atoms with Crippen LogP contribution < -0.4 is 9.47 Å². The van der Waals surface area contributed by atoms with Gasteiger partial charge in [-0.05, 0) is 23.6 Å². The highest BCUT2D eigenvalue weighted by atomic mass is 32.2. The van der Waals surface area contributed by atoms with E-state index in [4.69, 9.17) is 9.47 Å².